The number of nitrogens with one attached hydrogen (secondary N) is 1. The summed E-state index contributed by atoms with van der Waals surface area (Å²) in [4.78, 5) is 0. The number of rotatable bonds is 5. The number of H-pyrrole nitrogens is 1. The van der Waals surface area contributed by atoms with Crippen molar-refractivity contribution in [2.75, 3.05) is 0 Å². The molecule has 1 atom stereocenters. The Morgan fingerprint density at radius 2 is 2.22 bits per heavy atom. The van der Waals surface area contributed by atoms with Crippen LogP contribution in [0.5, 0.6) is 5.75 Å². The molecule has 5 nitrogen and oxygen atoms in total. The van der Waals surface area contributed by atoms with Crippen LogP contribution in [0, 0.1) is 10.7 Å². The lowest BCUT2D eigenvalue weighted by Gasteiger charge is -2.12. The van der Waals surface area contributed by atoms with Crippen LogP contribution >= 0.6 is 23.8 Å². The predicted octanol–water partition coefficient (Wildman–Crippen LogP) is 4.36. The number of allylic oxidation sites excluding steroid dienone is 2. The van der Waals surface area contributed by atoms with Crippen LogP contribution in [0.4, 0.5) is 0 Å². The number of benzene rings is 1. The fourth-order valence-electron chi connectivity index (χ4n) is 2.33. The molecule has 0 radical (unpaired) electrons. The summed E-state index contributed by atoms with van der Waals surface area (Å²) < 4.78 is 7.77. The number of nitrogens with zero attached hydrogens (tertiary/aromatic N) is 3. The van der Waals surface area contributed by atoms with Crippen LogP contribution in [-0.2, 0) is 6.61 Å². The van der Waals surface area contributed by atoms with Gasteiger partial charge in [0.15, 0.2) is 5.82 Å². The molecule has 1 aliphatic rings. The summed E-state index contributed by atoms with van der Waals surface area (Å²) in [5.41, 5.74) is 0. The van der Waals surface area contributed by atoms with Crippen LogP contribution in [0.2, 0.25) is 5.02 Å². The Morgan fingerprint density at radius 1 is 1.39 bits per heavy atom. The molecule has 0 saturated heterocycles. The number of aromatic nitrogens is 3. The lowest BCUT2D eigenvalue weighted by atomic mass is 9.96. The van der Waals surface area contributed by atoms with Crippen LogP contribution in [0.15, 0.2) is 41.5 Å². The molecule has 2 aromatic rings. The highest BCUT2D eigenvalue weighted by molar-refractivity contribution is 7.71. The highest BCUT2D eigenvalue weighted by Crippen LogP contribution is 2.17. The van der Waals surface area contributed by atoms with Crippen molar-refractivity contribution in [3.63, 3.8) is 0 Å². The minimum Gasteiger partial charge on any atom is -0.486 e. The smallest absolute Gasteiger partial charge is 0.216 e. The minimum atomic E-state index is 0.274. The quantitative estimate of drug-likeness (QED) is 0.496. The van der Waals surface area contributed by atoms with Crippen molar-refractivity contribution in [1.29, 1.82) is 0 Å². The maximum Gasteiger partial charge on any atom is 0.216 e. The molecule has 7 heteroatoms. The second-order valence-corrected chi connectivity index (χ2v) is 6.13. The average Bonchev–Trinajstić information content (AvgIpc) is 2.93. The molecule has 0 spiro atoms. The topological polar surface area (TPSA) is 55.2 Å². The molecular formula is C16H17ClN4OS. The first-order valence-electron chi connectivity index (χ1n) is 7.46. The van der Waals surface area contributed by atoms with Crippen molar-refractivity contribution < 1.29 is 4.74 Å². The van der Waals surface area contributed by atoms with E-state index in [9.17, 15) is 0 Å². The van der Waals surface area contributed by atoms with E-state index in [0.717, 1.165) is 25.0 Å². The van der Waals surface area contributed by atoms with E-state index in [2.05, 4.69) is 27.5 Å². The molecule has 0 saturated carbocycles. The van der Waals surface area contributed by atoms with E-state index in [1.807, 2.05) is 18.3 Å². The molecule has 0 unspecified atom stereocenters. The van der Waals surface area contributed by atoms with E-state index < -0.39 is 0 Å². The van der Waals surface area contributed by atoms with Crippen LogP contribution in [0.1, 0.15) is 25.1 Å². The van der Waals surface area contributed by atoms with Crippen LogP contribution in [0.25, 0.3) is 0 Å². The maximum atomic E-state index is 5.86. The summed E-state index contributed by atoms with van der Waals surface area (Å²) in [7, 11) is 0. The third-order valence-electron chi connectivity index (χ3n) is 3.60. The van der Waals surface area contributed by atoms with Crippen LogP contribution < -0.4 is 4.74 Å². The second-order valence-electron chi connectivity index (χ2n) is 5.31. The number of aromatic amines is 1. The van der Waals surface area contributed by atoms with Crippen LogP contribution in [0.3, 0.4) is 0 Å². The van der Waals surface area contributed by atoms with Gasteiger partial charge in [-0.1, -0.05) is 23.8 Å². The number of halogens is 1. The molecule has 1 aliphatic carbocycles. The van der Waals surface area contributed by atoms with Crippen molar-refractivity contribution in [3.8, 4) is 5.75 Å². The lowest BCUT2D eigenvalue weighted by molar-refractivity contribution is 0.290. The molecule has 120 valence electrons. The molecule has 1 heterocycles. The van der Waals surface area contributed by atoms with Gasteiger partial charge in [-0.15, -0.1) is 0 Å². The summed E-state index contributed by atoms with van der Waals surface area (Å²) in [6.07, 6.45) is 9.58. The van der Waals surface area contributed by atoms with Crippen molar-refractivity contribution in [3.05, 3.63) is 52.0 Å². The summed E-state index contributed by atoms with van der Waals surface area (Å²) in [5, 5.41) is 12.1. The zero-order valence-electron chi connectivity index (χ0n) is 12.5. The standard InChI is InChI=1S/C16H17ClN4OS/c17-13-6-8-14(9-7-13)22-11-15-19-20-16(23)21(15)18-10-12-4-2-1-3-5-12/h1-2,6-10,12H,3-5,11H2,(H,20,23)/b18-10-/t12-/m1/s1. The summed E-state index contributed by atoms with van der Waals surface area (Å²) >= 11 is 11.1. The molecule has 23 heavy (non-hydrogen) atoms. The third-order valence-corrected chi connectivity index (χ3v) is 4.12. The van der Waals surface area contributed by atoms with Crippen molar-refractivity contribution in [1.82, 2.24) is 14.9 Å². The highest BCUT2D eigenvalue weighted by atomic mass is 35.5. The SMILES string of the molecule is S=c1[nH]nc(COc2ccc(Cl)cc2)n1/N=C\[C@@H]1CC=CCC1. The Labute approximate surface area is 144 Å². The number of ether oxygens (including phenoxy) is 1. The van der Waals surface area contributed by atoms with Gasteiger partial charge in [-0.05, 0) is 61.7 Å². The Morgan fingerprint density at radius 3 is 2.96 bits per heavy atom. The van der Waals surface area contributed by atoms with E-state index >= 15 is 0 Å². The molecule has 0 fully saturated rings. The van der Waals surface area contributed by atoms with Crippen LogP contribution in [-0.4, -0.2) is 21.1 Å². The van der Waals surface area contributed by atoms with Crippen molar-refractivity contribution in [2.24, 2.45) is 11.0 Å². The lowest BCUT2D eigenvalue weighted by Crippen LogP contribution is -2.08. The van der Waals surface area contributed by atoms with E-state index in [1.54, 1.807) is 16.8 Å². The maximum absolute atomic E-state index is 5.86. The Kier molecular flexibility index (Phi) is 5.25. The monoisotopic (exact) mass is 348 g/mol. The zero-order chi connectivity index (χ0) is 16.1. The Balaban J connectivity index is 1.68. The van der Waals surface area contributed by atoms with E-state index in [1.165, 1.54) is 0 Å². The predicted molar refractivity (Wildman–Crippen MR) is 93.6 cm³/mol. The van der Waals surface area contributed by atoms with Gasteiger partial charge in [-0.25, -0.2) is 5.10 Å². The van der Waals surface area contributed by atoms with Gasteiger partial charge in [0.05, 0.1) is 0 Å². The summed E-state index contributed by atoms with van der Waals surface area (Å²) in [5.74, 6) is 1.80. The molecule has 1 aromatic carbocycles. The van der Waals surface area contributed by atoms with Crippen molar-refractivity contribution in [2.45, 2.75) is 25.9 Å². The average molecular weight is 349 g/mol. The van der Waals surface area contributed by atoms with Gasteiger partial charge in [-0.3, -0.25) is 0 Å². The normalized spacial score (nSPS) is 17.7. The second kappa shape index (κ2) is 7.57. The summed E-state index contributed by atoms with van der Waals surface area (Å²) in [6.45, 7) is 0.274. The van der Waals surface area contributed by atoms with Crippen molar-refractivity contribution >= 4 is 30.0 Å². The molecule has 0 bridgehead atoms. The largest absolute Gasteiger partial charge is 0.486 e. The highest BCUT2D eigenvalue weighted by Gasteiger charge is 2.09. The molecule has 0 aliphatic heterocycles. The van der Waals surface area contributed by atoms with E-state index in [-0.39, 0.29) is 6.61 Å². The Bertz CT molecular complexity index is 763. The molecule has 0 amide bonds. The van der Waals surface area contributed by atoms with E-state index in [0.29, 0.717) is 21.5 Å². The van der Waals surface area contributed by atoms with Gasteiger partial charge >= 0.3 is 0 Å². The molecular weight excluding hydrogens is 332 g/mol. The van der Waals surface area contributed by atoms with E-state index in [4.69, 9.17) is 28.6 Å². The van der Waals surface area contributed by atoms with Gasteiger partial charge in [0.25, 0.3) is 0 Å². The zero-order valence-corrected chi connectivity index (χ0v) is 14.1. The number of hydrogen-bond acceptors (Lipinski definition) is 4. The number of hydrogen-bond donors (Lipinski definition) is 1. The fraction of sp³-hybridized carbons (Fsp3) is 0.312. The van der Waals surface area contributed by atoms with Gasteiger partial charge in [0.1, 0.15) is 12.4 Å². The minimum absolute atomic E-state index is 0.274. The van der Waals surface area contributed by atoms with Gasteiger partial charge in [0.2, 0.25) is 4.77 Å². The molecule has 1 N–H and O–H groups in total. The van der Waals surface area contributed by atoms with Gasteiger partial charge in [-0.2, -0.15) is 14.9 Å². The summed E-state index contributed by atoms with van der Waals surface area (Å²) in [6, 6.07) is 7.18. The first kappa shape index (κ1) is 16.0. The van der Waals surface area contributed by atoms with Gasteiger partial charge < -0.3 is 4.74 Å². The molecule has 1 aromatic heterocycles. The van der Waals surface area contributed by atoms with Gasteiger partial charge in [0, 0.05) is 11.2 Å². The molecule has 3 rings (SSSR count). The Hall–Kier alpha value is -1.92. The first-order valence-corrected chi connectivity index (χ1v) is 8.25. The first-order chi connectivity index (χ1) is 11.2. The fourth-order valence-corrected chi connectivity index (χ4v) is 2.65. The third kappa shape index (κ3) is 4.30.